The van der Waals surface area contributed by atoms with E-state index in [4.69, 9.17) is 5.11 Å². The molecule has 5 nitrogen and oxygen atoms in total. The average molecular weight is 235 g/mol. The average Bonchev–Trinajstić information content (AvgIpc) is 2.17. The van der Waals surface area contributed by atoms with Gasteiger partial charge in [-0.05, 0) is 19.8 Å². The Hall–Kier alpha value is -0.460. The molecule has 0 saturated carbocycles. The minimum absolute atomic E-state index is 0.0274. The molecule has 6 heteroatoms. The van der Waals surface area contributed by atoms with Crippen molar-refractivity contribution in [1.29, 1.82) is 0 Å². The summed E-state index contributed by atoms with van der Waals surface area (Å²) >= 11 is 0. The quantitative estimate of drug-likeness (QED) is 0.601. The number of rotatable bonds is 4. The second-order valence-corrected chi connectivity index (χ2v) is 5.78. The summed E-state index contributed by atoms with van der Waals surface area (Å²) in [4.78, 5) is 10.6. The number of aliphatic carboxylic acids is 1. The predicted octanol–water partition coefficient (Wildman–Crippen LogP) is -0.677. The van der Waals surface area contributed by atoms with Crippen molar-refractivity contribution in [2.24, 2.45) is 0 Å². The number of carboxylic acids is 1. The lowest BCUT2D eigenvalue weighted by Gasteiger charge is -2.26. The van der Waals surface area contributed by atoms with Crippen molar-refractivity contribution in [2.45, 2.75) is 31.4 Å². The summed E-state index contributed by atoms with van der Waals surface area (Å²) in [7, 11) is -0.713. The molecular weight excluding hydrogens is 218 g/mol. The zero-order valence-corrected chi connectivity index (χ0v) is 9.55. The van der Waals surface area contributed by atoms with Crippen LogP contribution in [0.15, 0.2) is 0 Å². The highest BCUT2D eigenvalue weighted by atomic mass is 32.2. The fourth-order valence-corrected chi connectivity index (χ4v) is 2.72. The number of carboxylic acid groups (broad SMARTS) is 1. The van der Waals surface area contributed by atoms with E-state index in [9.17, 15) is 14.1 Å². The number of hydrogen-bond donors (Lipinski definition) is 3. The topological polar surface area (TPSA) is 86.6 Å². The molecule has 0 aromatic heterocycles. The van der Waals surface area contributed by atoms with E-state index >= 15 is 0 Å². The summed E-state index contributed by atoms with van der Waals surface area (Å²) < 4.78 is 11.1. The van der Waals surface area contributed by atoms with Gasteiger partial charge in [0.05, 0.1) is 0 Å². The monoisotopic (exact) mass is 235 g/mol. The van der Waals surface area contributed by atoms with E-state index in [2.05, 4.69) is 5.32 Å². The molecule has 0 radical (unpaired) electrons. The third kappa shape index (κ3) is 3.89. The predicted molar refractivity (Wildman–Crippen MR) is 57.2 cm³/mol. The summed E-state index contributed by atoms with van der Waals surface area (Å²) in [6.07, 6.45) is 1.56. The second kappa shape index (κ2) is 5.05. The molecule has 0 aliphatic carbocycles. The van der Waals surface area contributed by atoms with Crippen LogP contribution in [0.4, 0.5) is 0 Å². The molecular formula is C9H17NO4S. The Morgan fingerprint density at radius 2 is 2.07 bits per heavy atom. The van der Waals surface area contributed by atoms with Crippen LogP contribution in [-0.4, -0.2) is 50.1 Å². The van der Waals surface area contributed by atoms with Crippen LogP contribution in [0, 0.1) is 0 Å². The van der Waals surface area contributed by atoms with Gasteiger partial charge < -0.3 is 15.5 Å². The van der Waals surface area contributed by atoms with Crippen LogP contribution >= 0.6 is 0 Å². The van der Waals surface area contributed by atoms with E-state index in [-0.39, 0.29) is 12.6 Å². The highest BCUT2D eigenvalue weighted by Crippen LogP contribution is 2.10. The Labute approximate surface area is 91.3 Å². The molecule has 88 valence electrons. The third-order valence-corrected chi connectivity index (χ3v) is 3.97. The first-order valence-corrected chi connectivity index (χ1v) is 6.45. The van der Waals surface area contributed by atoms with Crippen LogP contribution < -0.4 is 5.32 Å². The Kier molecular flexibility index (Phi) is 4.24. The number of nitrogens with one attached hydrogen (secondary N) is 1. The summed E-state index contributed by atoms with van der Waals surface area (Å²) in [6, 6.07) is 0.175. The Bertz CT molecular complexity index is 257. The maximum absolute atomic E-state index is 11.1. The largest absolute Gasteiger partial charge is 0.479 e. The number of carbonyl (C=O) groups is 1. The van der Waals surface area contributed by atoms with E-state index in [1.165, 1.54) is 6.92 Å². The minimum Gasteiger partial charge on any atom is -0.479 e. The molecule has 0 amide bonds. The van der Waals surface area contributed by atoms with E-state index in [1.54, 1.807) is 0 Å². The molecule has 1 saturated heterocycles. The lowest BCUT2D eigenvalue weighted by Crippen LogP contribution is -2.49. The van der Waals surface area contributed by atoms with Crippen molar-refractivity contribution in [2.75, 3.05) is 18.1 Å². The summed E-state index contributed by atoms with van der Waals surface area (Å²) in [5.41, 5.74) is -1.73. The Balaban J connectivity index is 2.31. The zero-order valence-electron chi connectivity index (χ0n) is 8.73. The maximum Gasteiger partial charge on any atom is 0.336 e. The van der Waals surface area contributed by atoms with Gasteiger partial charge in [-0.25, -0.2) is 4.79 Å². The van der Waals surface area contributed by atoms with Crippen molar-refractivity contribution in [1.82, 2.24) is 5.32 Å². The van der Waals surface area contributed by atoms with E-state index in [0.717, 1.165) is 12.8 Å². The highest BCUT2D eigenvalue weighted by Gasteiger charge is 2.30. The van der Waals surface area contributed by atoms with Crippen LogP contribution in [0.3, 0.4) is 0 Å². The summed E-state index contributed by atoms with van der Waals surface area (Å²) in [5, 5.41) is 21.1. The van der Waals surface area contributed by atoms with Crippen molar-refractivity contribution < 1.29 is 19.2 Å². The van der Waals surface area contributed by atoms with E-state index in [1.807, 2.05) is 0 Å². The zero-order chi connectivity index (χ0) is 11.5. The van der Waals surface area contributed by atoms with Gasteiger partial charge in [0, 0.05) is 34.9 Å². The fourth-order valence-electron chi connectivity index (χ4n) is 1.42. The Morgan fingerprint density at radius 1 is 1.53 bits per heavy atom. The first-order chi connectivity index (χ1) is 6.92. The van der Waals surface area contributed by atoms with Crippen molar-refractivity contribution in [3.63, 3.8) is 0 Å². The third-order valence-electron chi connectivity index (χ3n) is 2.58. The molecule has 1 atom stereocenters. The summed E-state index contributed by atoms with van der Waals surface area (Å²) in [5.74, 6) is 0.0918. The molecule has 1 fully saturated rings. The van der Waals surface area contributed by atoms with Crippen LogP contribution in [0.2, 0.25) is 0 Å². The van der Waals surface area contributed by atoms with Gasteiger partial charge in [0.15, 0.2) is 5.60 Å². The van der Waals surface area contributed by atoms with Gasteiger partial charge >= 0.3 is 5.97 Å². The molecule has 1 heterocycles. The summed E-state index contributed by atoms with van der Waals surface area (Å²) in [6.45, 7) is 1.29. The number of hydrogen-bond acceptors (Lipinski definition) is 4. The molecule has 1 unspecified atom stereocenters. The van der Waals surface area contributed by atoms with Gasteiger partial charge in [0.1, 0.15) is 0 Å². The lowest BCUT2D eigenvalue weighted by atomic mass is 10.1. The first-order valence-electron chi connectivity index (χ1n) is 4.96. The van der Waals surface area contributed by atoms with Gasteiger partial charge in [-0.1, -0.05) is 0 Å². The maximum atomic E-state index is 11.1. The molecule has 1 rings (SSSR count). The molecule has 15 heavy (non-hydrogen) atoms. The van der Waals surface area contributed by atoms with Crippen LogP contribution in [0.1, 0.15) is 19.8 Å². The molecule has 0 spiro atoms. The Morgan fingerprint density at radius 3 is 2.53 bits per heavy atom. The van der Waals surface area contributed by atoms with Crippen LogP contribution in [-0.2, 0) is 15.6 Å². The molecule has 0 bridgehead atoms. The van der Waals surface area contributed by atoms with Crippen molar-refractivity contribution in [3.05, 3.63) is 0 Å². The van der Waals surface area contributed by atoms with Crippen LogP contribution in [0.25, 0.3) is 0 Å². The van der Waals surface area contributed by atoms with E-state index in [0.29, 0.717) is 11.5 Å². The van der Waals surface area contributed by atoms with Crippen LogP contribution in [0.5, 0.6) is 0 Å². The van der Waals surface area contributed by atoms with Gasteiger partial charge in [-0.3, -0.25) is 4.21 Å². The smallest absolute Gasteiger partial charge is 0.336 e. The molecule has 0 aromatic rings. The molecule has 1 aliphatic heterocycles. The van der Waals surface area contributed by atoms with Gasteiger partial charge in [-0.2, -0.15) is 0 Å². The SMILES string of the molecule is CC(O)(CNC1CCS(=O)CC1)C(=O)O. The van der Waals surface area contributed by atoms with Gasteiger partial charge in [0.25, 0.3) is 0 Å². The normalized spacial score (nSPS) is 30.8. The van der Waals surface area contributed by atoms with E-state index < -0.39 is 22.4 Å². The number of aliphatic hydroxyl groups is 1. The molecule has 0 aromatic carbocycles. The minimum atomic E-state index is -1.73. The second-order valence-electron chi connectivity index (χ2n) is 4.08. The molecule has 3 N–H and O–H groups in total. The molecule has 1 aliphatic rings. The van der Waals surface area contributed by atoms with Crippen molar-refractivity contribution in [3.8, 4) is 0 Å². The standard InChI is InChI=1S/C9H17NO4S/c1-9(13,8(11)12)6-10-7-2-4-15(14)5-3-7/h7,10,13H,2-6H2,1H3,(H,11,12). The van der Waals surface area contributed by atoms with Gasteiger partial charge in [-0.15, -0.1) is 0 Å². The highest BCUT2D eigenvalue weighted by molar-refractivity contribution is 7.85. The lowest BCUT2D eigenvalue weighted by molar-refractivity contribution is -0.156. The van der Waals surface area contributed by atoms with Gasteiger partial charge in [0.2, 0.25) is 0 Å². The fraction of sp³-hybridized carbons (Fsp3) is 0.889. The van der Waals surface area contributed by atoms with Crippen molar-refractivity contribution >= 4 is 16.8 Å². The first kappa shape index (κ1) is 12.6.